The van der Waals surface area contributed by atoms with Crippen molar-refractivity contribution in [3.8, 4) is 5.75 Å². The molecular weight excluding hydrogens is 423 g/mol. The minimum absolute atomic E-state index is 0.00781. The number of hydrogen-bond donors (Lipinski definition) is 2. The molecular formula is C26H33FN2O4. The number of nitrogens with one attached hydrogen (secondary N) is 1. The molecule has 0 bridgehead atoms. The van der Waals surface area contributed by atoms with E-state index in [1.54, 1.807) is 4.57 Å². The van der Waals surface area contributed by atoms with E-state index in [2.05, 4.69) is 39.1 Å². The van der Waals surface area contributed by atoms with Crippen LogP contribution >= 0.6 is 0 Å². The first-order valence-electron chi connectivity index (χ1n) is 11.3. The Bertz CT molecular complexity index is 1080. The number of fused-ring (bicyclic) bond motifs is 1. The first kappa shape index (κ1) is 24.7. The van der Waals surface area contributed by atoms with Crippen molar-refractivity contribution in [2.24, 2.45) is 11.3 Å². The molecule has 1 aliphatic rings. The van der Waals surface area contributed by atoms with Crippen LogP contribution in [0, 0.1) is 17.2 Å². The van der Waals surface area contributed by atoms with Gasteiger partial charge in [0.2, 0.25) is 0 Å². The molecule has 0 saturated carbocycles. The molecule has 1 amide bonds. The van der Waals surface area contributed by atoms with Gasteiger partial charge in [-0.1, -0.05) is 25.5 Å². The molecule has 1 unspecified atom stereocenters. The number of halogens is 1. The number of aliphatic hydroxyl groups is 1. The number of allylic oxidation sites excluding steroid dienone is 2. The van der Waals surface area contributed by atoms with Crippen LogP contribution in [-0.2, 0) is 19.4 Å². The van der Waals surface area contributed by atoms with Crippen LogP contribution < -0.4 is 15.6 Å². The van der Waals surface area contributed by atoms with Gasteiger partial charge in [-0.05, 0) is 75.1 Å². The summed E-state index contributed by atoms with van der Waals surface area (Å²) in [5.41, 5.74) is 3.05. The Balaban J connectivity index is 1.96. The molecule has 6 nitrogen and oxygen atoms in total. The summed E-state index contributed by atoms with van der Waals surface area (Å²) in [6.45, 7) is 8.96. The highest BCUT2D eigenvalue weighted by atomic mass is 19.1. The summed E-state index contributed by atoms with van der Waals surface area (Å²) >= 11 is 0. The maximum Gasteiger partial charge on any atom is 0.417 e. The lowest BCUT2D eigenvalue weighted by Crippen LogP contribution is -2.38. The number of anilines is 1. The quantitative estimate of drug-likeness (QED) is 0.570. The minimum Gasteiger partial charge on any atom is -0.410 e. The number of nitrogens with zero attached hydrogens (tertiary/aromatic N) is 1. The predicted octanol–water partition coefficient (Wildman–Crippen LogP) is 5.08. The second kappa shape index (κ2) is 10.3. The smallest absolute Gasteiger partial charge is 0.410 e. The number of hydrogen-bond acceptors (Lipinski definition) is 4. The molecule has 3 rings (SSSR count). The average molecular weight is 457 g/mol. The van der Waals surface area contributed by atoms with Crippen molar-refractivity contribution in [2.45, 2.75) is 59.9 Å². The van der Waals surface area contributed by atoms with E-state index in [0.29, 0.717) is 37.4 Å². The molecule has 0 aliphatic heterocycles. The number of aliphatic hydroxyl groups excluding tert-OH is 1. The lowest BCUT2D eigenvalue weighted by molar-refractivity contribution is 0.182. The van der Waals surface area contributed by atoms with Crippen LogP contribution in [-0.4, -0.2) is 22.4 Å². The molecule has 2 aromatic rings. The van der Waals surface area contributed by atoms with Gasteiger partial charge < -0.3 is 14.4 Å². The zero-order valence-corrected chi connectivity index (χ0v) is 19.8. The van der Waals surface area contributed by atoms with Gasteiger partial charge in [-0.25, -0.2) is 9.18 Å². The van der Waals surface area contributed by atoms with Gasteiger partial charge in [-0.3, -0.25) is 10.1 Å². The monoisotopic (exact) mass is 456 g/mol. The minimum atomic E-state index is -0.734. The molecule has 0 spiro atoms. The van der Waals surface area contributed by atoms with E-state index in [-0.39, 0.29) is 23.3 Å². The maximum absolute atomic E-state index is 13.1. The van der Waals surface area contributed by atoms with Gasteiger partial charge >= 0.3 is 6.09 Å². The van der Waals surface area contributed by atoms with Crippen molar-refractivity contribution >= 4 is 11.8 Å². The van der Waals surface area contributed by atoms with E-state index in [0.717, 1.165) is 17.7 Å². The Morgan fingerprint density at radius 1 is 1.30 bits per heavy atom. The summed E-state index contributed by atoms with van der Waals surface area (Å²) < 4.78 is 20.5. The first-order valence-corrected chi connectivity index (χ1v) is 11.3. The Hall–Kier alpha value is -2.93. The predicted molar refractivity (Wildman–Crippen MR) is 127 cm³/mol. The van der Waals surface area contributed by atoms with E-state index < -0.39 is 11.9 Å². The van der Waals surface area contributed by atoms with Crippen molar-refractivity contribution in [3.63, 3.8) is 0 Å². The van der Waals surface area contributed by atoms with E-state index in [1.165, 1.54) is 35.9 Å². The van der Waals surface area contributed by atoms with Gasteiger partial charge in [0.25, 0.3) is 5.56 Å². The summed E-state index contributed by atoms with van der Waals surface area (Å²) in [6, 6.07) is 6.73. The number of carbonyl (C=O) groups is 1. The number of aromatic nitrogens is 1. The highest BCUT2D eigenvalue weighted by Gasteiger charge is 2.37. The standard InChI is InChI=1S/C26H33FN2O4/c1-17(2)6-7-18-14-21-22(16-26(18,3)4)29(12-5-13-30)24(31)15-23(21)33-25(32)28-20-10-8-19(27)9-11-20/h6,8-11,15,18,30H,5,7,12-14,16H2,1-4H3,(H,28,32). The number of rotatable bonds is 7. The van der Waals surface area contributed by atoms with Crippen molar-refractivity contribution < 1.29 is 19.0 Å². The number of benzene rings is 1. The van der Waals surface area contributed by atoms with Gasteiger partial charge in [-0.15, -0.1) is 0 Å². The molecule has 33 heavy (non-hydrogen) atoms. The number of carbonyl (C=O) groups excluding carboxylic acids is 1. The molecule has 1 heterocycles. The largest absolute Gasteiger partial charge is 0.417 e. The summed E-state index contributed by atoms with van der Waals surface area (Å²) in [5, 5.41) is 11.9. The third kappa shape index (κ3) is 6.11. The molecule has 1 aromatic heterocycles. The van der Waals surface area contributed by atoms with Crippen molar-refractivity contribution in [2.75, 3.05) is 11.9 Å². The fraction of sp³-hybridized carbons (Fsp3) is 0.462. The van der Waals surface area contributed by atoms with Gasteiger partial charge in [0, 0.05) is 36.2 Å². The fourth-order valence-corrected chi connectivity index (χ4v) is 4.36. The lowest BCUT2D eigenvalue weighted by Gasteiger charge is -2.41. The molecule has 7 heteroatoms. The van der Waals surface area contributed by atoms with Crippen LogP contribution in [0.1, 0.15) is 51.8 Å². The molecule has 0 fully saturated rings. The summed E-state index contributed by atoms with van der Waals surface area (Å²) in [6.07, 6.45) is 4.19. The molecule has 1 aromatic carbocycles. The van der Waals surface area contributed by atoms with Crippen LogP contribution in [0.3, 0.4) is 0 Å². The van der Waals surface area contributed by atoms with Crippen molar-refractivity contribution in [3.05, 3.63) is 69.4 Å². The Morgan fingerprint density at radius 3 is 2.64 bits per heavy atom. The van der Waals surface area contributed by atoms with Crippen molar-refractivity contribution in [1.29, 1.82) is 0 Å². The average Bonchev–Trinajstić information content (AvgIpc) is 2.73. The molecule has 1 aliphatic carbocycles. The Kier molecular flexibility index (Phi) is 7.74. The highest BCUT2D eigenvalue weighted by Crippen LogP contribution is 2.44. The summed E-state index contributed by atoms with van der Waals surface area (Å²) in [7, 11) is 0. The Morgan fingerprint density at radius 2 is 2.00 bits per heavy atom. The van der Waals surface area contributed by atoms with E-state index in [4.69, 9.17) is 4.74 Å². The van der Waals surface area contributed by atoms with Gasteiger partial charge in [0.05, 0.1) is 0 Å². The second-order valence-electron chi connectivity index (χ2n) is 9.61. The highest BCUT2D eigenvalue weighted by molar-refractivity contribution is 5.86. The summed E-state index contributed by atoms with van der Waals surface area (Å²) in [5.74, 6) is 0.165. The van der Waals surface area contributed by atoms with Gasteiger partial charge in [0.15, 0.2) is 0 Å². The van der Waals surface area contributed by atoms with Crippen LogP contribution in [0.25, 0.3) is 0 Å². The van der Waals surface area contributed by atoms with E-state index in [1.807, 2.05) is 0 Å². The van der Waals surface area contributed by atoms with Crippen LogP contribution in [0.15, 0.2) is 46.8 Å². The third-order valence-corrected chi connectivity index (χ3v) is 6.31. The van der Waals surface area contributed by atoms with Crippen LogP contribution in [0.5, 0.6) is 5.75 Å². The van der Waals surface area contributed by atoms with E-state index in [9.17, 15) is 19.1 Å². The zero-order valence-electron chi connectivity index (χ0n) is 19.8. The molecule has 0 radical (unpaired) electrons. The van der Waals surface area contributed by atoms with Crippen LogP contribution in [0.4, 0.5) is 14.9 Å². The first-order chi connectivity index (χ1) is 15.6. The topological polar surface area (TPSA) is 80.6 Å². The zero-order chi connectivity index (χ0) is 24.2. The third-order valence-electron chi connectivity index (χ3n) is 6.31. The SMILES string of the molecule is CC(C)=CCC1Cc2c(OC(=O)Nc3ccc(F)cc3)cc(=O)n(CCCO)c2CC1(C)C. The van der Waals surface area contributed by atoms with E-state index >= 15 is 0 Å². The number of amides is 1. The molecule has 178 valence electrons. The lowest BCUT2D eigenvalue weighted by atomic mass is 9.66. The van der Waals surface area contributed by atoms with Gasteiger partial charge in [-0.2, -0.15) is 0 Å². The summed E-state index contributed by atoms with van der Waals surface area (Å²) in [4.78, 5) is 25.5. The molecule has 0 saturated heterocycles. The number of pyridine rings is 1. The molecule has 2 N–H and O–H groups in total. The fourth-order valence-electron chi connectivity index (χ4n) is 4.36. The van der Waals surface area contributed by atoms with Gasteiger partial charge in [0.1, 0.15) is 11.6 Å². The van der Waals surface area contributed by atoms with Crippen LogP contribution in [0.2, 0.25) is 0 Å². The number of ether oxygens (including phenoxy) is 1. The normalized spacial score (nSPS) is 16.6. The second-order valence-corrected chi connectivity index (χ2v) is 9.61. The van der Waals surface area contributed by atoms with Crippen molar-refractivity contribution in [1.82, 2.24) is 4.57 Å². The Labute approximate surface area is 194 Å². The molecule has 1 atom stereocenters. The maximum atomic E-state index is 13.1.